The summed E-state index contributed by atoms with van der Waals surface area (Å²) in [5.41, 5.74) is 5.25. The number of nitrogens with one attached hydrogen (secondary N) is 3. The molecule has 0 aliphatic rings. The van der Waals surface area contributed by atoms with E-state index in [1.807, 2.05) is 13.8 Å². The Morgan fingerprint density at radius 3 is 2.13 bits per heavy atom. The Balaban J connectivity index is 4.62. The molecule has 0 aromatic heterocycles. The molecular weight excluding hydrogens is 304 g/mol. The van der Waals surface area contributed by atoms with E-state index >= 15 is 0 Å². The molecule has 0 unspecified atom stereocenters. The van der Waals surface area contributed by atoms with Crippen LogP contribution >= 0.6 is 0 Å². The first-order chi connectivity index (χ1) is 10.6. The number of hydrogen-bond donors (Lipinski definition) is 5. The van der Waals surface area contributed by atoms with Gasteiger partial charge in [-0.1, -0.05) is 13.8 Å². The third kappa shape index (κ3) is 10.1. The first-order valence-electron chi connectivity index (χ1n) is 7.47. The molecule has 132 valence electrons. The minimum absolute atomic E-state index is 0.149. The average molecular weight is 330 g/mol. The van der Waals surface area contributed by atoms with Crippen LogP contribution in [0, 0.1) is 5.92 Å². The van der Waals surface area contributed by atoms with E-state index in [9.17, 15) is 19.2 Å². The minimum atomic E-state index is -1.16. The second-order valence-corrected chi connectivity index (χ2v) is 5.72. The van der Waals surface area contributed by atoms with E-state index in [2.05, 4.69) is 16.0 Å². The van der Waals surface area contributed by atoms with Gasteiger partial charge in [-0.2, -0.15) is 0 Å². The molecule has 6 N–H and O–H groups in total. The molecule has 0 heterocycles. The number of carbonyl (C=O) groups excluding carboxylic acids is 3. The number of rotatable bonds is 10. The summed E-state index contributed by atoms with van der Waals surface area (Å²) in [7, 11) is 0. The number of carbonyl (C=O) groups is 4. The molecule has 0 saturated carbocycles. The molecule has 0 fully saturated rings. The second kappa shape index (κ2) is 10.4. The fourth-order valence-electron chi connectivity index (χ4n) is 2.01. The molecule has 23 heavy (non-hydrogen) atoms. The van der Waals surface area contributed by atoms with Gasteiger partial charge in [0.05, 0.1) is 0 Å². The van der Waals surface area contributed by atoms with E-state index in [1.54, 1.807) is 0 Å². The van der Waals surface area contributed by atoms with Crippen LogP contribution in [0.2, 0.25) is 0 Å². The van der Waals surface area contributed by atoms with Gasteiger partial charge in [0, 0.05) is 13.5 Å². The topological polar surface area (TPSA) is 151 Å². The van der Waals surface area contributed by atoms with Gasteiger partial charge in [-0.15, -0.1) is 0 Å². The Morgan fingerprint density at radius 2 is 1.70 bits per heavy atom. The van der Waals surface area contributed by atoms with E-state index in [1.165, 1.54) is 6.92 Å². The van der Waals surface area contributed by atoms with Crippen molar-refractivity contribution < 1.29 is 24.3 Å². The van der Waals surface area contributed by atoms with Crippen LogP contribution in [0.5, 0.6) is 0 Å². The van der Waals surface area contributed by atoms with Crippen LogP contribution in [0.1, 0.15) is 40.0 Å². The third-order valence-corrected chi connectivity index (χ3v) is 3.01. The molecule has 0 aliphatic heterocycles. The predicted octanol–water partition coefficient (Wildman–Crippen LogP) is -0.445. The Kier molecular flexibility index (Phi) is 9.36. The monoisotopic (exact) mass is 330 g/mol. The first-order valence-corrected chi connectivity index (χ1v) is 7.47. The summed E-state index contributed by atoms with van der Waals surface area (Å²) in [6, 6.07) is -1.66. The van der Waals surface area contributed by atoms with Crippen molar-refractivity contribution in [2.75, 3.05) is 6.54 Å². The minimum Gasteiger partial charge on any atom is -0.465 e. The summed E-state index contributed by atoms with van der Waals surface area (Å²) in [5.74, 6) is -1.36. The molecule has 4 amide bonds. The molecule has 2 atom stereocenters. The highest BCUT2D eigenvalue weighted by molar-refractivity contribution is 5.91. The van der Waals surface area contributed by atoms with Crippen molar-refractivity contribution in [3.8, 4) is 0 Å². The molecule has 0 saturated heterocycles. The fourth-order valence-corrected chi connectivity index (χ4v) is 2.01. The lowest BCUT2D eigenvalue weighted by molar-refractivity contribution is -0.131. The maximum Gasteiger partial charge on any atom is 0.404 e. The van der Waals surface area contributed by atoms with Crippen LogP contribution in [0.25, 0.3) is 0 Å². The largest absolute Gasteiger partial charge is 0.465 e. The van der Waals surface area contributed by atoms with Crippen molar-refractivity contribution in [1.29, 1.82) is 0 Å². The quantitative estimate of drug-likeness (QED) is 0.344. The molecule has 9 heteroatoms. The van der Waals surface area contributed by atoms with Gasteiger partial charge in [-0.3, -0.25) is 14.4 Å². The second-order valence-electron chi connectivity index (χ2n) is 5.72. The zero-order chi connectivity index (χ0) is 18.0. The molecule has 0 spiro atoms. The van der Waals surface area contributed by atoms with E-state index in [0.717, 1.165) is 0 Å². The summed E-state index contributed by atoms with van der Waals surface area (Å²) >= 11 is 0. The van der Waals surface area contributed by atoms with Crippen LogP contribution in [0.4, 0.5) is 4.79 Å². The van der Waals surface area contributed by atoms with Gasteiger partial charge in [0.2, 0.25) is 17.7 Å². The predicted molar refractivity (Wildman–Crippen MR) is 83.4 cm³/mol. The summed E-state index contributed by atoms with van der Waals surface area (Å²) in [6.07, 6.45) is -0.185. The molecule has 0 bridgehead atoms. The molecule has 0 rings (SSSR count). The Hall–Kier alpha value is -2.32. The highest BCUT2D eigenvalue weighted by atomic mass is 16.4. The molecule has 0 radical (unpaired) electrons. The summed E-state index contributed by atoms with van der Waals surface area (Å²) in [5, 5.41) is 15.7. The smallest absolute Gasteiger partial charge is 0.404 e. The highest BCUT2D eigenvalue weighted by Crippen LogP contribution is 2.06. The van der Waals surface area contributed by atoms with Crippen LogP contribution < -0.4 is 21.7 Å². The van der Waals surface area contributed by atoms with Gasteiger partial charge in [-0.05, 0) is 25.2 Å². The summed E-state index contributed by atoms with van der Waals surface area (Å²) in [6.45, 7) is 5.27. The van der Waals surface area contributed by atoms with Crippen LogP contribution in [0.15, 0.2) is 0 Å². The summed E-state index contributed by atoms with van der Waals surface area (Å²) < 4.78 is 0. The van der Waals surface area contributed by atoms with Gasteiger partial charge >= 0.3 is 6.09 Å². The zero-order valence-electron chi connectivity index (χ0n) is 13.7. The van der Waals surface area contributed by atoms with E-state index < -0.39 is 30.0 Å². The van der Waals surface area contributed by atoms with Gasteiger partial charge in [0.25, 0.3) is 0 Å². The standard InChI is InChI=1S/C14H26N4O5/c1-8(2)7-11(17-9(3)19)13(21)18-10(12(15)20)5-4-6-16-14(22)23/h8,10-11,16H,4-7H2,1-3H3,(H2,15,20)(H,17,19)(H,18,21)(H,22,23)/t10-,11-/m0/s1. The van der Waals surface area contributed by atoms with Crippen LogP contribution in [-0.2, 0) is 14.4 Å². The van der Waals surface area contributed by atoms with Gasteiger partial charge < -0.3 is 26.8 Å². The SMILES string of the molecule is CC(=O)N[C@@H](CC(C)C)C(=O)N[C@@H](CCCNC(=O)O)C(N)=O. The van der Waals surface area contributed by atoms with E-state index in [4.69, 9.17) is 10.8 Å². The normalized spacial score (nSPS) is 13.0. The molecule has 0 aromatic rings. The Bertz CT molecular complexity index is 439. The molecule has 0 aromatic carbocycles. The third-order valence-electron chi connectivity index (χ3n) is 3.01. The molecule has 9 nitrogen and oxygen atoms in total. The average Bonchev–Trinajstić information content (AvgIpc) is 2.39. The number of amides is 4. The highest BCUT2D eigenvalue weighted by Gasteiger charge is 2.25. The van der Waals surface area contributed by atoms with Crippen molar-refractivity contribution in [2.45, 2.75) is 52.1 Å². The fraction of sp³-hybridized carbons (Fsp3) is 0.714. The number of carboxylic acid groups (broad SMARTS) is 1. The lowest BCUT2D eigenvalue weighted by Crippen LogP contribution is -2.53. The van der Waals surface area contributed by atoms with Crippen molar-refractivity contribution >= 4 is 23.8 Å². The van der Waals surface area contributed by atoms with Crippen LogP contribution in [-0.4, -0.2) is 47.5 Å². The maximum atomic E-state index is 12.2. The zero-order valence-corrected chi connectivity index (χ0v) is 13.7. The summed E-state index contributed by atoms with van der Waals surface area (Å²) in [4.78, 5) is 45.2. The lowest BCUT2D eigenvalue weighted by atomic mass is 10.0. The van der Waals surface area contributed by atoms with Crippen molar-refractivity contribution in [3.63, 3.8) is 0 Å². The van der Waals surface area contributed by atoms with Crippen LogP contribution in [0.3, 0.4) is 0 Å². The number of primary amides is 1. The van der Waals surface area contributed by atoms with E-state index in [-0.39, 0.29) is 24.8 Å². The van der Waals surface area contributed by atoms with E-state index in [0.29, 0.717) is 12.8 Å². The van der Waals surface area contributed by atoms with Gasteiger partial charge in [-0.25, -0.2) is 4.79 Å². The van der Waals surface area contributed by atoms with Gasteiger partial charge in [0.1, 0.15) is 12.1 Å². The number of hydrogen-bond acceptors (Lipinski definition) is 4. The molecular formula is C14H26N4O5. The number of nitrogens with two attached hydrogens (primary N) is 1. The van der Waals surface area contributed by atoms with Crippen molar-refractivity contribution in [1.82, 2.24) is 16.0 Å². The van der Waals surface area contributed by atoms with Crippen molar-refractivity contribution in [3.05, 3.63) is 0 Å². The Labute approximate surface area is 135 Å². The lowest BCUT2D eigenvalue weighted by Gasteiger charge is -2.22. The van der Waals surface area contributed by atoms with Gasteiger partial charge in [0.15, 0.2) is 0 Å². The van der Waals surface area contributed by atoms with Crippen molar-refractivity contribution in [2.24, 2.45) is 11.7 Å². The maximum absolute atomic E-state index is 12.2. The molecule has 0 aliphatic carbocycles. The first kappa shape index (κ1) is 20.7. The Morgan fingerprint density at radius 1 is 1.09 bits per heavy atom.